The van der Waals surface area contributed by atoms with Crippen LogP contribution in [-0.2, 0) is 5.41 Å². The van der Waals surface area contributed by atoms with Crippen molar-refractivity contribution < 1.29 is 0 Å². The number of rotatable bonds is 5. The molecular formula is C48H63N. The summed E-state index contributed by atoms with van der Waals surface area (Å²) in [6.45, 7) is 25.2. The van der Waals surface area contributed by atoms with Gasteiger partial charge in [0.1, 0.15) is 0 Å². The topological polar surface area (TPSA) is 26.0 Å². The molecular weight excluding hydrogens is 591 g/mol. The highest BCUT2D eigenvalue weighted by Gasteiger charge is 2.43. The van der Waals surface area contributed by atoms with E-state index in [4.69, 9.17) is 0 Å². The lowest BCUT2D eigenvalue weighted by molar-refractivity contribution is 0.283. The van der Waals surface area contributed by atoms with Gasteiger partial charge in [0.25, 0.3) is 0 Å². The lowest BCUT2D eigenvalue weighted by atomic mass is 9.68. The lowest BCUT2D eigenvalue weighted by Crippen LogP contribution is -2.29. The largest absolute Gasteiger partial charge is 0.333 e. The van der Waals surface area contributed by atoms with Crippen LogP contribution in [0.4, 0.5) is 0 Å². The highest BCUT2D eigenvalue weighted by atomic mass is 14.5. The van der Waals surface area contributed by atoms with Crippen molar-refractivity contribution in [2.45, 2.75) is 100 Å². The van der Waals surface area contributed by atoms with Crippen molar-refractivity contribution >= 4 is 32.3 Å². The zero-order valence-corrected chi connectivity index (χ0v) is 32.6. The SMILES string of the molecule is CC(C)C(C)(C)C.CC(C)CC1(CC(C)C)c2ccccc2-c2ccccc21.CC(C)c1ccc2ccc3cccc4ccc1c2c34.CN. The zero-order chi connectivity index (χ0) is 36.1. The maximum Gasteiger partial charge on any atom is 0.0220 e. The molecule has 1 aliphatic carbocycles. The molecule has 6 aromatic rings. The molecule has 7 rings (SSSR count). The number of hydrogen-bond acceptors (Lipinski definition) is 1. The molecule has 0 unspecified atom stereocenters. The van der Waals surface area contributed by atoms with E-state index in [2.05, 4.69) is 185 Å². The van der Waals surface area contributed by atoms with Gasteiger partial charge in [0.15, 0.2) is 0 Å². The van der Waals surface area contributed by atoms with Gasteiger partial charge < -0.3 is 5.73 Å². The van der Waals surface area contributed by atoms with Gasteiger partial charge in [0.05, 0.1) is 0 Å². The summed E-state index contributed by atoms with van der Waals surface area (Å²) in [5.74, 6) is 2.75. The maximum absolute atomic E-state index is 4.50. The van der Waals surface area contributed by atoms with Crippen molar-refractivity contribution in [3.63, 3.8) is 0 Å². The molecule has 0 saturated carbocycles. The third-order valence-corrected chi connectivity index (χ3v) is 10.6. The third-order valence-electron chi connectivity index (χ3n) is 10.6. The summed E-state index contributed by atoms with van der Waals surface area (Å²) < 4.78 is 0. The van der Waals surface area contributed by atoms with E-state index in [0.717, 1.165) is 5.92 Å². The van der Waals surface area contributed by atoms with Crippen LogP contribution in [0.15, 0.2) is 103 Å². The van der Waals surface area contributed by atoms with Gasteiger partial charge in [-0.3, -0.25) is 0 Å². The molecule has 260 valence electrons. The van der Waals surface area contributed by atoms with E-state index in [9.17, 15) is 0 Å². The molecule has 0 saturated heterocycles. The van der Waals surface area contributed by atoms with Crippen LogP contribution in [0.2, 0.25) is 0 Å². The molecule has 0 bridgehead atoms. The number of hydrogen-bond donors (Lipinski definition) is 1. The molecule has 2 N–H and O–H groups in total. The van der Waals surface area contributed by atoms with E-state index in [-0.39, 0.29) is 5.41 Å². The fourth-order valence-electron chi connectivity index (χ4n) is 7.59. The molecule has 0 heterocycles. The summed E-state index contributed by atoms with van der Waals surface area (Å²) in [4.78, 5) is 0. The first-order valence-electron chi connectivity index (χ1n) is 18.7. The number of fused-ring (bicyclic) bond motifs is 3. The van der Waals surface area contributed by atoms with Crippen molar-refractivity contribution in [2.75, 3.05) is 7.05 Å². The quantitative estimate of drug-likeness (QED) is 0.184. The minimum absolute atomic E-state index is 0.204. The minimum atomic E-state index is 0.204. The molecule has 0 atom stereocenters. The Labute approximate surface area is 298 Å². The van der Waals surface area contributed by atoms with E-state index in [1.807, 2.05) is 0 Å². The Balaban J connectivity index is 0.000000179. The number of nitrogens with two attached hydrogens (primary N) is 1. The van der Waals surface area contributed by atoms with Gasteiger partial charge in [0, 0.05) is 5.41 Å². The van der Waals surface area contributed by atoms with Crippen molar-refractivity contribution in [1.29, 1.82) is 0 Å². The summed E-state index contributed by atoms with van der Waals surface area (Å²) in [6.07, 6.45) is 2.47. The fraction of sp³-hybridized carbons (Fsp3) is 0.417. The Morgan fingerprint density at radius 1 is 0.510 bits per heavy atom. The van der Waals surface area contributed by atoms with Gasteiger partial charge in [-0.1, -0.05) is 179 Å². The summed E-state index contributed by atoms with van der Waals surface area (Å²) >= 11 is 0. The first kappa shape index (κ1) is 38.1. The molecule has 49 heavy (non-hydrogen) atoms. The molecule has 0 amide bonds. The molecule has 0 aliphatic heterocycles. The second-order valence-corrected chi connectivity index (χ2v) is 16.6. The van der Waals surface area contributed by atoms with Crippen LogP contribution >= 0.6 is 0 Å². The van der Waals surface area contributed by atoms with Crippen molar-refractivity contribution in [2.24, 2.45) is 28.9 Å². The second kappa shape index (κ2) is 15.9. The molecule has 0 fully saturated rings. The fourth-order valence-corrected chi connectivity index (χ4v) is 7.59. The highest BCUT2D eigenvalue weighted by molar-refractivity contribution is 6.23. The first-order valence-corrected chi connectivity index (χ1v) is 18.7. The number of benzene rings is 6. The van der Waals surface area contributed by atoms with E-state index in [1.165, 1.54) is 68.9 Å². The predicted octanol–water partition coefficient (Wildman–Crippen LogP) is 14.0. The zero-order valence-electron chi connectivity index (χ0n) is 32.6. The molecule has 0 spiro atoms. The Morgan fingerprint density at radius 3 is 1.35 bits per heavy atom. The van der Waals surface area contributed by atoms with Crippen LogP contribution in [0, 0.1) is 23.2 Å². The Hall–Kier alpha value is -3.68. The van der Waals surface area contributed by atoms with Gasteiger partial charge in [-0.2, -0.15) is 0 Å². The Kier molecular flexibility index (Phi) is 12.4. The molecule has 0 aromatic heterocycles. The van der Waals surface area contributed by atoms with Crippen LogP contribution in [-0.4, -0.2) is 7.05 Å². The summed E-state index contributed by atoms with van der Waals surface area (Å²) in [6, 6.07) is 38.2. The standard InChI is InChI=1S/C21H26.C19H16.C7H16.CH5N/c1-15(2)13-21(14-16(3)4)19-11-7-5-9-17(19)18-10-6-8-12-20(18)21;1-12(2)16-10-8-15-7-6-13-4-3-5-14-9-11-17(16)19(15)18(13)14;1-6(2)7(3,4)5;1-2/h5-12,15-16H,13-14H2,1-4H3;3-12H,1-2H3;6H,1-5H3;2H2,1H3. The van der Waals surface area contributed by atoms with Crippen LogP contribution < -0.4 is 5.73 Å². The summed E-state index contributed by atoms with van der Waals surface area (Å²) in [7, 11) is 1.50. The maximum atomic E-state index is 4.50. The predicted molar refractivity (Wildman–Crippen MR) is 220 cm³/mol. The molecule has 0 radical (unpaired) electrons. The van der Waals surface area contributed by atoms with E-state index >= 15 is 0 Å². The second-order valence-electron chi connectivity index (χ2n) is 16.6. The van der Waals surface area contributed by atoms with Crippen molar-refractivity contribution in [3.05, 3.63) is 120 Å². The average Bonchev–Trinajstić information content (AvgIpc) is 3.33. The first-order chi connectivity index (χ1) is 23.2. The van der Waals surface area contributed by atoms with E-state index in [1.54, 1.807) is 11.1 Å². The van der Waals surface area contributed by atoms with Gasteiger partial charge >= 0.3 is 0 Å². The molecule has 1 heteroatoms. The third kappa shape index (κ3) is 8.05. The van der Waals surface area contributed by atoms with Crippen LogP contribution in [0.5, 0.6) is 0 Å². The minimum Gasteiger partial charge on any atom is -0.333 e. The van der Waals surface area contributed by atoms with E-state index < -0.39 is 0 Å². The van der Waals surface area contributed by atoms with E-state index in [0.29, 0.717) is 23.2 Å². The Bertz CT molecular complexity index is 1860. The van der Waals surface area contributed by atoms with Crippen molar-refractivity contribution in [1.82, 2.24) is 0 Å². The van der Waals surface area contributed by atoms with Gasteiger partial charge in [-0.15, -0.1) is 0 Å². The lowest BCUT2D eigenvalue weighted by Gasteiger charge is -2.35. The monoisotopic (exact) mass is 653 g/mol. The van der Waals surface area contributed by atoms with Crippen LogP contribution in [0.25, 0.3) is 43.4 Å². The normalized spacial score (nSPS) is 13.2. The molecule has 1 aliphatic rings. The van der Waals surface area contributed by atoms with Crippen molar-refractivity contribution in [3.8, 4) is 11.1 Å². The van der Waals surface area contributed by atoms with Crippen LogP contribution in [0.3, 0.4) is 0 Å². The molecule has 1 nitrogen and oxygen atoms in total. The van der Waals surface area contributed by atoms with Gasteiger partial charge in [0.2, 0.25) is 0 Å². The van der Waals surface area contributed by atoms with Crippen LogP contribution in [0.1, 0.15) is 112 Å². The van der Waals surface area contributed by atoms with Gasteiger partial charge in [-0.25, -0.2) is 0 Å². The Morgan fingerprint density at radius 2 is 0.918 bits per heavy atom. The molecule has 6 aromatic carbocycles. The van der Waals surface area contributed by atoms with Gasteiger partial charge in [-0.05, 0) is 109 Å². The average molecular weight is 654 g/mol. The highest BCUT2D eigenvalue weighted by Crippen LogP contribution is 2.54. The smallest absolute Gasteiger partial charge is 0.0220 e. The summed E-state index contributed by atoms with van der Waals surface area (Å²) in [5, 5.41) is 8.30. The summed E-state index contributed by atoms with van der Waals surface area (Å²) in [5.41, 5.74) is 12.7.